The maximum atomic E-state index is 10.9. The van der Waals surface area contributed by atoms with E-state index in [0.29, 0.717) is 0 Å². The molecular formula is C23H26NaO2P. The molecule has 0 heterocycles. The molecule has 0 unspecified atom stereocenters. The quantitative estimate of drug-likeness (QED) is 0.365. The van der Waals surface area contributed by atoms with Crippen LogP contribution in [-0.2, 0) is 4.79 Å². The maximum absolute atomic E-state index is 10.9. The van der Waals surface area contributed by atoms with Crippen molar-refractivity contribution in [3.05, 3.63) is 91.0 Å². The van der Waals surface area contributed by atoms with E-state index in [9.17, 15) is 4.79 Å². The molecule has 0 saturated heterocycles. The standard InChI is InChI=1S/C23H25O2P.Na.H/c24-23(25)18-10-11-19-26(20-12-4-1-5-13-20,21-14-6-2-7-15-21)22-16-8-3-9-17-22;;/h1-9,12-17,26H,10-11,18-19H2,(H,24,25);;. The summed E-state index contributed by atoms with van der Waals surface area (Å²) < 4.78 is 0. The van der Waals surface area contributed by atoms with Gasteiger partial charge in [-0.25, -0.2) is 0 Å². The van der Waals surface area contributed by atoms with Gasteiger partial charge in [0, 0.05) is 0 Å². The molecule has 0 aliphatic heterocycles. The summed E-state index contributed by atoms with van der Waals surface area (Å²) in [5, 5.41) is 13.2. The van der Waals surface area contributed by atoms with Crippen molar-refractivity contribution in [2.75, 3.05) is 6.16 Å². The Morgan fingerprint density at radius 2 is 1.04 bits per heavy atom. The van der Waals surface area contributed by atoms with Crippen LogP contribution in [0.5, 0.6) is 0 Å². The van der Waals surface area contributed by atoms with E-state index in [1.165, 1.54) is 15.9 Å². The van der Waals surface area contributed by atoms with E-state index in [-0.39, 0.29) is 36.0 Å². The first-order valence-corrected chi connectivity index (χ1v) is 11.3. The van der Waals surface area contributed by atoms with E-state index in [2.05, 4.69) is 91.0 Å². The number of hydrogen-bond acceptors (Lipinski definition) is 1. The van der Waals surface area contributed by atoms with Gasteiger partial charge in [-0.3, -0.25) is 0 Å². The number of carboxylic acids is 1. The van der Waals surface area contributed by atoms with Crippen molar-refractivity contribution < 1.29 is 9.90 Å². The zero-order valence-electron chi connectivity index (χ0n) is 14.8. The summed E-state index contributed by atoms with van der Waals surface area (Å²) >= 11 is 0. The molecule has 1 N–H and O–H groups in total. The number of carbonyl (C=O) groups is 1. The van der Waals surface area contributed by atoms with Crippen molar-refractivity contribution in [3.8, 4) is 0 Å². The molecule has 0 atom stereocenters. The summed E-state index contributed by atoms with van der Waals surface area (Å²) in [6.45, 7) is 0. The third-order valence-electron chi connectivity index (χ3n) is 4.99. The molecule has 0 aromatic heterocycles. The molecule has 2 nitrogen and oxygen atoms in total. The van der Waals surface area contributed by atoms with Gasteiger partial charge in [-0.1, -0.05) is 0 Å². The number of unbranched alkanes of at least 4 members (excludes halogenated alkanes) is 1. The molecule has 0 amide bonds. The molecule has 3 aromatic rings. The third kappa shape index (κ3) is 5.30. The molecular weight excluding hydrogens is 362 g/mol. The van der Waals surface area contributed by atoms with Gasteiger partial charge >= 0.3 is 185 Å². The SMILES string of the molecule is O=C(O)CCCC[PH](c1ccccc1)(c1ccccc1)c1ccccc1.[NaH]. The molecule has 3 rings (SSSR count). The van der Waals surface area contributed by atoms with Gasteiger partial charge in [-0.15, -0.1) is 0 Å². The van der Waals surface area contributed by atoms with Crippen molar-refractivity contribution in [2.24, 2.45) is 0 Å². The van der Waals surface area contributed by atoms with Gasteiger partial charge in [-0.2, -0.15) is 0 Å². The van der Waals surface area contributed by atoms with Crippen molar-refractivity contribution >= 4 is 58.7 Å². The van der Waals surface area contributed by atoms with E-state index in [4.69, 9.17) is 5.11 Å². The van der Waals surface area contributed by atoms with Crippen LogP contribution in [-0.4, -0.2) is 46.8 Å². The van der Waals surface area contributed by atoms with Crippen LogP contribution in [0.1, 0.15) is 19.3 Å². The summed E-state index contributed by atoms with van der Waals surface area (Å²) in [6.07, 6.45) is 2.88. The van der Waals surface area contributed by atoms with Gasteiger partial charge in [0.25, 0.3) is 0 Å². The predicted molar refractivity (Wildman–Crippen MR) is 120 cm³/mol. The molecule has 0 radical (unpaired) electrons. The van der Waals surface area contributed by atoms with Crippen LogP contribution in [0.25, 0.3) is 0 Å². The number of carboxylic acid groups (broad SMARTS) is 1. The van der Waals surface area contributed by atoms with Crippen molar-refractivity contribution in [1.29, 1.82) is 0 Å². The number of benzene rings is 3. The molecule has 27 heavy (non-hydrogen) atoms. The third-order valence-corrected chi connectivity index (χ3v) is 10.1. The van der Waals surface area contributed by atoms with Crippen LogP contribution < -0.4 is 15.9 Å². The minimum atomic E-state index is -2.19. The van der Waals surface area contributed by atoms with Crippen LogP contribution in [0.4, 0.5) is 0 Å². The summed E-state index contributed by atoms with van der Waals surface area (Å²) in [5.74, 6) is -0.712. The number of rotatable bonds is 8. The van der Waals surface area contributed by atoms with Crippen LogP contribution >= 0.6 is 7.26 Å². The fraction of sp³-hybridized carbons (Fsp3) is 0.174. The van der Waals surface area contributed by atoms with Crippen LogP contribution in [0.15, 0.2) is 91.0 Å². The molecule has 0 saturated carbocycles. The van der Waals surface area contributed by atoms with Crippen LogP contribution in [0.2, 0.25) is 0 Å². The van der Waals surface area contributed by atoms with E-state index in [0.717, 1.165) is 19.0 Å². The predicted octanol–water partition coefficient (Wildman–Crippen LogP) is 3.32. The monoisotopic (exact) mass is 388 g/mol. The van der Waals surface area contributed by atoms with Gasteiger partial charge in [-0.05, 0) is 0 Å². The van der Waals surface area contributed by atoms with Gasteiger partial charge in [0.2, 0.25) is 0 Å². The average molecular weight is 388 g/mol. The normalized spacial score (nSPS) is 11.4. The number of hydrogen-bond donors (Lipinski definition) is 1. The van der Waals surface area contributed by atoms with Gasteiger partial charge in [0.1, 0.15) is 0 Å². The molecule has 0 aliphatic carbocycles. The van der Waals surface area contributed by atoms with Gasteiger partial charge in [0.05, 0.1) is 0 Å². The Labute approximate surface area is 184 Å². The van der Waals surface area contributed by atoms with E-state index in [1.54, 1.807) is 0 Å². The second kappa shape index (κ2) is 10.8. The van der Waals surface area contributed by atoms with Crippen molar-refractivity contribution in [2.45, 2.75) is 19.3 Å². The second-order valence-electron chi connectivity index (χ2n) is 6.60. The van der Waals surface area contributed by atoms with E-state index >= 15 is 0 Å². The summed E-state index contributed by atoms with van der Waals surface area (Å²) in [6, 6.07) is 32.3. The Hall–Kier alpha value is -1.44. The fourth-order valence-corrected chi connectivity index (χ4v) is 8.70. The van der Waals surface area contributed by atoms with Crippen LogP contribution in [0.3, 0.4) is 0 Å². The molecule has 0 fully saturated rings. The Kier molecular flexibility index (Phi) is 8.73. The first kappa shape index (κ1) is 21.9. The van der Waals surface area contributed by atoms with Crippen molar-refractivity contribution in [3.63, 3.8) is 0 Å². The van der Waals surface area contributed by atoms with Gasteiger partial charge < -0.3 is 0 Å². The Morgan fingerprint density at radius 1 is 0.667 bits per heavy atom. The van der Waals surface area contributed by atoms with E-state index < -0.39 is 13.2 Å². The molecule has 0 spiro atoms. The fourth-order valence-electron chi connectivity index (χ4n) is 3.77. The molecule has 0 aliphatic rings. The minimum absolute atomic E-state index is 0. The summed E-state index contributed by atoms with van der Waals surface area (Å²) in [7, 11) is -2.19. The number of aliphatic carboxylic acids is 1. The zero-order chi connectivity index (χ0) is 18.2. The Morgan fingerprint density at radius 3 is 1.37 bits per heavy atom. The molecule has 3 aromatic carbocycles. The average Bonchev–Trinajstić information content (AvgIpc) is 2.70. The summed E-state index contributed by atoms with van der Waals surface area (Å²) in [5.41, 5.74) is 0. The Balaban J connectivity index is 0.00000261. The Bertz CT molecular complexity index is 726. The zero-order valence-corrected chi connectivity index (χ0v) is 15.8. The van der Waals surface area contributed by atoms with E-state index in [1.807, 2.05) is 0 Å². The topological polar surface area (TPSA) is 37.3 Å². The summed E-state index contributed by atoms with van der Waals surface area (Å²) in [4.78, 5) is 10.9. The van der Waals surface area contributed by atoms with Crippen LogP contribution in [0, 0.1) is 0 Å². The molecule has 136 valence electrons. The second-order valence-corrected chi connectivity index (χ2v) is 10.6. The molecule has 0 bridgehead atoms. The molecule has 4 heteroatoms. The van der Waals surface area contributed by atoms with Gasteiger partial charge in [0.15, 0.2) is 0 Å². The van der Waals surface area contributed by atoms with Crippen molar-refractivity contribution in [1.82, 2.24) is 0 Å². The first-order valence-electron chi connectivity index (χ1n) is 9.12. The first-order chi connectivity index (χ1) is 12.7.